The number of thiophene rings is 1. The number of hydrogen-bond donors (Lipinski definition) is 1. The van der Waals surface area contributed by atoms with Crippen molar-refractivity contribution in [3.05, 3.63) is 62.7 Å². The van der Waals surface area contributed by atoms with E-state index in [1.165, 1.54) is 11.8 Å². The van der Waals surface area contributed by atoms with Crippen molar-refractivity contribution in [3.8, 4) is 0 Å². The molecule has 0 spiro atoms. The zero-order chi connectivity index (χ0) is 21.8. The lowest BCUT2D eigenvalue weighted by atomic mass is 10.3. The van der Waals surface area contributed by atoms with Crippen LogP contribution in [0.3, 0.4) is 0 Å². The van der Waals surface area contributed by atoms with Gasteiger partial charge in [-0.05, 0) is 56.9 Å². The van der Waals surface area contributed by atoms with Gasteiger partial charge in [-0.25, -0.2) is 4.98 Å². The molecular weight excluding hydrogens is 454 g/mol. The van der Waals surface area contributed by atoms with Crippen molar-refractivity contribution in [2.45, 2.75) is 30.6 Å². The number of anilines is 1. The van der Waals surface area contributed by atoms with Gasteiger partial charge >= 0.3 is 5.82 Å². The van der Waals surface area contributed by atoms with Crippen LogP contribution in [0.5, 0.6) is 0 Å². The van der Waals surface area contributed by atoms with E-state index in [-0.39, 0.29) is 18.1 Å². The normalized spacial score (nSPS) is 11.1. The number of thiazole rings is 1. The van der Waals surface area contributed by atoms with Gasteiger partial charge in [-0.15, -0.1) is 11.3 Å². The predicted octanol–water partition coefficient (Wildman–Crippen LogP) is 5.13. The van der Waals surface area contributed by atoms with E-state index in [2.05, 4.69) is 32.1 Å². The van der Waals surface area contributed by atoms with Gasteiger partial charge in [0, 0.05) is 31.3 Å². The molecule has 31 heavy (non-hydrogen) atoms. The van der Waals surface area contributed by atoms with Crippen LogP contribution >= 0.6 is 34.4 Å². The van der Waals surface area contributed by atoms with E-state index < -0.39 is 4.92 Å². The van der Waals surface area contributed by atoms with E-state index in [0.717, 1.165) is 26.7 Å². The van der Waals surface area contributed by atoms with Gasteiger partial charge in [0.2, 0.25) is 11.7 Å². The number of aromatic nitrogens is 3. The number of thioether (sulfide) groups is 1. The van der Waals surface area contributed by atoms with Gasteiger partial charge in [-0.2, -0.15) is 11.3 Å². The van der Waals surface area contributed by atoms with Crippen LogP contribution in [0.2, 0.25) is 0 Å². The average molecular weight is 474 g/mol. The van der Waals surface area contributed by atoms with Crippen LogP contribution in [0, 0.1) is 17.0 Å². The lowest BCUT2D eigenvalue weighted by Gasteiger charge is -2.06. The molecule has 1 aromatic carbocycles. The molecule has 1 N–H and O–H groups in total. The van der Waals surface area contributed by atoms with E-state index >= 15 is 0 Å². The molecule has 0 unspecified atom stereocenters. The monoisotopic (exact) mass is 473 g/mol. The number of rotatable bonds is 9. The van der Waals surface area contributed by atoms with Gasteiger partial charge in [0.25, 0.3) is 0 Å². The minimum Gasteiger partial charge on any atom is -0.358 e. The highest BCUT2D eigenvalue weighted by atomic mass is 32.2. The number of nitrogens with zero attached hydrogens (tertiary/aromatic N) is 4. The van der Waals surface area contributed by atoms with Crippen molar-refractivity contribution in [2.75, 3.05) is 11.1 Å². The summed E-state index contributed by atoms with van der Waals surface area (Å²) in [4.78, 5) is 31.1. The molecule has 0 radical (unpaired) electrons. The third kappa shape index (κ3) is 5.49. The van der Waals surface area contributed by atoms with Crippen molar-refractivity contribution in [2.24, 2.45) is 0 Å². The number of fused-ring (bicyclic) bond motifs is 1. The van der Waals surface area contributed by atoms with Crippen molar-refractivity contribution < 1.29 is 9.72 Å². The Hall–Kier alpha value is -2.76. The van der Waals surface area contributed by atoms with Gasteiger partial charge in [-0.1, -0.05) is 11.8 Å². The maximum Gasteiger partial charge on any atom is 0.381 e. The Morgan fingerprint density at radius 1 is 1.32 bits per heavy atom. The van der Waals surface area contributed by atoms with Gasteiger partial charge in [0.05, 0.1) is 10.2 Å². The standard InChI is InChI=1S/C20H19N5O3S3/c1-13-21-18(25(27)28)11-24(13)7-4-19(26)22-15-2-3-16-17(10-15)31-20(23-16)30-9-6-14-5-8-29-12-14/h2-3,5,8,10-12H,4,6-7,9H2,1H3,(H,22,26). The molecule has 4 rings (SSSR count). The third-order valence-electron chi connectivity index (χ3n) is 4.58. The summed E-state index contributed by atoms with van der Waals surface area (Å²) in [6.07, 6.45) is 2.56. The fourth-order valence-electron chi connectivity index (χ4n) is 2.99. The van der Waals surface area contributed by atoms with Crippen LogP contribution in [-0.2, 0) is 17.8 Å². The van der Waals surface area contributed by atoms with Gasteiger partial charge < -0.3 is 20.0 Å². The second-order valence-electron chi connectivity index (χ2n) is 6.79. The highest BCUT2D eigenvalue weighted by Gasteiger charge is 2.16. The van der Waals surface area contributed by atoms with Crippen LogP contribution in [-0.4, -0.2) is 31.1 Å². The summed E-state index contributed by atoms with van der Waals surface area (Å²) >= 11 is 5.08. The first-order valence-electron chi connectivity index (χ1n) is 9.50. The number of imidazole rings is 1. The smallest absolute Gasteiger partial charge is 0.358 e. The molecule has 0 atom stereocenters. The Bertz CT molecular complexity index is 1220. The molecule has 1 amide bonds. The summed E-state index contributed by atoms with van der Waals surface area (Å²) in [6.45, 7) is 2.00. The summed E-state index contributed by atoms with van der Waals surface area (Å²) in [5.74, 6) is 1.11. The molecule has 11 heteroatoms. The largest absolute Gasteiger partial charge is 0.381 e. The zero-order valence-electron chi connectivity index (χ0n) is 16.6. The van der Waals surface area contributed by atoms with Crippen molar-refractivity contribution >= 4 is 62.1 Å². The predicted molar refractivity (Wildman–Crippen MR) is 125 cm³/mol. The van der Waals surface area contributed by atoms with Crippen molar-refractivity contribution in [1.29, 1.82) is 0 Å². The maximum atomic E-state index is 12.3. The lowest BCUT2D eigenvalue weighted by Crippen LogP contribution is -2.14. The molecule has 3 heterocycles. The van der Waals surface area contributed by atoms with Gasteiger partial charge in [0.1, 0.15) is 6.20 Å². The van der Waals surface area contributed by atoms with Gasteiger partial charge in [-0.3, -0.25) is 4.79 Å². The Morgan fingerprint density at radius 3 is 2.94 bits per heavy atom. The van der Waals surface area contributed by atoms with E-state index in [9.17, 15) is 14.9 Å². The summed E-state index contributed by atoms with van der Waals surface area (Å²) in [7, 11) is 0. The zero-order valence-corrected chi connectivity index (χ0v) is 19.1. The van der Waals surface area contributed by atoms with Crippen LogP contribution in [0.25, 0.3) is 10.2 Å². The number of amides is 1. The first kappa shape index (κ1) is 21.5. The number of hydrogen-bond acceptors (Lipinski definition) is 8. The average Bonchev–Trinajstić information content (AvgIpc) is 3.46. The molecular formula is C20H19N5O3S3. The van der Waals surface area contributed by atoms with E-state index in [4.69, 9.17) is 0 Å². The second-order valence-corrected chi connectivity index (χ2v) is 9.94. The SMILES string of the molecule is Cc1nc([N+](=O)[O-])cn1CCC(=O)Nc1ccc2nc(SCCc3ccsc3)sc2c1. The molecule has 4 aromatic rings. The molecule has 8 nitrogen and oxygen atoms in total. The Balaban J connectivity index is 1.32. The topological polar surface area (TPSA) is 103 Å². The Labute approximate surface area is 190 Å². The lowest BCUT2D eigenvalue weighted by molar-refractivity contribution is -0.389. The first-order chi connectivity index (χ1) is 15.0. The molecule has 0 aliphatic rings. The van der Waals surface area contributed by atoms with E-state index in [1.54, 1.807) is 45.9 Å². The number of nitro groups is 1. The minimum atomic E-state index is -0.539. The summed E-state index contributed by atoms with van der Waals surface area (Å²) in [5, 5.41) is 18.0. The number of carbonyl (C=O) groups is 1. The molecule has 0 aliphatic carbocycles. The summed E-state index contributed by atoms with van der Waals surface area (Å²) < 4.78 is 3.66. The number of nitrogens with one attached hydrogen (secondary N) is 1. The number of carbonyl (C=O) groups excluding carboxylic acids is 1. The van der Waals surface area contributed by atoms with Crippen molar-refractivity contribution in [3.63, 3.8) is 0 Å². The van der Waals surface area contributed by atoms with Crippen molar-refractivity contribution in [1.82, 2.24) is 14.5 Å². The maximum absolute atomic E-state index is 12.3. The first-order valence-corrected chi connectivity index (χ1v) is 12.2. The van der Waals surface area contributed by atoms with Crippen LogP contribution in [0.4, 0.5) is 11.5 Å². The highest BCUT2D eigenvalue weighted by Crippen LogP contribution is 2.31. The quantitative estimate of drug-likeness (QED) is 0.205. The number of benzene rings is 1. The Kier molecular flexibility index (Phi) is 6.64. The molecule has 0 aliphatic heterocycles. The van der Waals surface area contributed by atoms with Gasteiger partial charge in [0.15, 0.2) is 4.34 Å². The third-order valence-corrected chi connectivity index (χ3v) is 7.47. The molecule has 3 aromatic heterocycles. The molecule has 0 bridgehead atoms. The summed E-state index contributed by atoms with van der Waals surface area (Å²) in [6, 6.07) is 7.83. The number of aryl methyl sites for hydroxylation is 3. The second kappa shape index (κ2) is 9.58. The van der Waals surface area contributed by atoms with Crippen LogP contribution in [0.15, 0.2) is 45.6 Å². The fraction of sp³-hybridized carbons (Fsp3) is 0.250. The fourth-order valence-corrected chi connectivity index (χ4v) is 5.86. The molecule has 0 fully saturated rings. The minimum absolute atomic E-state index is 0.162. The highest BCUT2D eigenvalue weighted by molar-refractivity contribution is 8.01. The van der Waals surface area contributed by atoms with Crippen LogP contribution < -0.4 is 5.32 Å². The molecule has 160 valence electrons. The molecule has 0 saturated heterocycles. The van der Waals surface area contributed by atoms with E-state index in [0.29, 0.717) is 18.1 Å². The summed E-state index contributed by atoms with van der Waals surface area (Å²) in [5.41, 5.74) is 2.98. The Morgan fingerprint density at radius 2 is 2.19 bits per heavy atom. The van der Waals surface area contributed by atoms with Crippen LogP contribution in [0.1, 0.15) is 17.8 Å². The van der Waals surface area contributed by atoms with E-state index in [1.807, 2.05) is 18.2 Å². The molecule has 0 saturated carbocycles.